The van der Waals surface area contributed by atoms with Crippen LogP contribution in [0.1, 0.15) is 30.1 Å². The predicted molar refractivity (Wildman–Crippen MR) is 86.4 cm³/mol. The van der Waals surface area contributed by atoms with Crippen molar-refractivity contribution in [2.75, 3.05) is 26.3 Å². The zero-order valence-electron chi connectivity index (χ0n) is 13.7. The number of piperidine rings is 1. The second-order valence-electron chi connectivity index (χ2n) is 5.59. The molecule has 2 rings (SSSR count). The smallest absolute Gasteiger partial charge is 0.338 e. The lowest BCUT2D eigenvalue weighted by atomic mass is 9.96. The molecule has 130 valence electrons. The molecule has 7 heteroatoms. The van der Waals surface area contributed by atoms with Gasteiger partial charge in [-0.1, -0.05) is 0 Å². The number of nitrogens with two attached hydrogens (primary N) is 1. The Morgan fingerprint density at radius 1 is 1.17 bits per heavy atom. The van der Waals surface area contributed by atoms with E-state index in [0.717, 1.165) is 0 Å². The van der Waals surface area contributed by atoms with Crippen molar-refractivity contribution in [2.45, 2.75) is 19.8 Å². The Kier molecular flexibility index (Phi) is 6.17. The molecular formula is C17H22N2O5. The molecule has 1 aliphatic heterocycles. The second-order valence-corrected chi connectivity index (χ2v) is 5.59. The number of nitrogens with zero attached hydrogens (tertiary/aromatic N) is 1. The molecule has 2 amide bonds. The van der Waals surface area contributed by atoms with Gasteiger partial charge in [0.15, 0.2) is 6.61 Å². The van der Waals surface area contributed by atoms with Crippen LogP contribution in [0.2, 0.25) is 0 Å². The molecule has 1 aromatic rings. The number of carbonyl (C=O) groups is 3. The van der Waals surface area contributed by atoms with E-state index in [4.69, 9.17) is 15.2 Å². The van der Waals surface area contributed by atoms with Crippen molar-refractivity contribution in [2.24, 2.45) is 11.7 Å². The van der Waals surface area contributed by atoms with Crippen LogP contribution in [0.15, 0.2) is 24.3 Å². The van der Waals surface area contributed by atoms with Gasteiger partial charge in [0.1, 0.15) is 5.75 Å². The van der Waals surface area contributed by atoms with Crippen LogP contribution in [0.3, 0.4) is 0 Å². The standard InChI is InChI=1S/C17H22N2O5/c1-2-23-14-5-3-13(4-6-14)17(22)24-11-15(20)19-9-7-12(8-10-19)16(18)21/h3-6,12H,2,7-11H2,1H3,(H2,18,21). The van der Waals surface area contributed by atoms with E-state index in [0.29, 0.717) is 43.9 Å². The highest BCUT2D eigenvalue weighted by Gasteiger charge is 2.26. The molecule has 0 bridgehead atoms. The first-order chi connectivity index (χ1) is 11.5. The number of ether oxygens (including phenoxy) is 2. The van der Waals surface area contributed by atoms with Gasteiger partial charge in [-0.05, 0) is 44.0 Å². The maximum Gasteiger partial charge on any atom is 0.338 e. The highest BCUT2D eigenvalue weighted by molar-refractivity contribution is 5.91. The summed E-state index contributed by atoms with van der Waals surface area (Å²) in [7, 11) is 0. The zero-order chi connectivity index (χ0) is 17.5. The van der Waals surface area contributed by atoms with E-state index in [1.165, 1.54) is 0 Å². The van der Waals surface area contributed by atoms with E-state index in [2.05, 4.69) is 0 Å². The zero-order valence-corrected chi connectivity index (χ0v) is 13.7. The topological polar surface area (TPSA) is 98.9 Å². The number of hydrogen-bond acceptors (Lipinski definition) is 5. The van der Waals surface area contributed by atoms with Gasteiger partial charge in [0.2, 0.25) is 5.91 Å². The Bertz CT molecular complexity index is 592. The predicted octanol–water partition coefficient (Wildman–Crippen LogP) is 0.966. The van der Waals surface area contributed by atoms with Gasteiger partial charge in [-0.3, -0.25) is 9.59 Å². The maximum absolute atomic E-state index is 12.1. The second kappa shape index (κ2) is 8.33. The average Bonchev–Trinajstić information content (AvgIpc) is 2.60. The summed E-state index contributed by atoms with van der Waals surface area (Å²) < 4.78 is 10.4. The normalized spacial score (nSPS) is 15.0. The molecule has 1 aliphatic rings. The first-order valence-corrected chi connectivity index (χ1v) is 7.98. The molecule has 0 saturated carbocycles. The van der Waals surface area contributed by atoms with Crippen LogP contribution in [0.4, 0.5) is 0 Å². The first kappa shape index (κ1) is 17.8. The molecule has 0 radical (unpaired) electrons. The van der Waals surface area contributed by atoms with Crippen molar-refractivity contribution in [3.63, 3.8) is 0 Å². The third-order valence-corrected chi connectivity index (χ3v) is 3.98. The van der Waals surface area contributed by atoms with Gasteiger partial charge in [0.25, 0.3) is 5.91 Å². The number of primary amides is 1. The highest BCUT2D eigenvalue weighted by Crippen LogP contribution is 2.17. The Balaban J connectivity index is 1.79. The molecule has 24 heavy (non-hydrogen) atoms. The van der Waals surface area contributed by atoms with Gasteiger partial charge in [0, 0.05) is 19.0 Å². The number of carbonyl (C=O) groups excluding carboxylic acids is 3. The van der Waals surface area contributed by atoms with E-state index in [1.54, 1.807) is 29.2 Å². The molecule has 0 unspecified atom stereocenters. The monoisotopic (exact) mass is 334 g/mol. The molecule has 2 N–H and O–H groups in total. The molecule has 0 aliphatic carbocycles. The number of amides is 2. The van der Waals surface area contributed by atoms with E-state index in [-0.39, 0.29) is 24.3 Å². The molecule has 1 fully saturated rings. The Hall–Kier alpha value is -2.57. The van der Waals surface area contributed by atoms with Crippen LogP contribution in [-0.4, -0.2) is 49.0 Å². The molecule has 0 aromatic heterocycles. The van der Waals surface area contributed by atoms with Gasteiger partial charge < -0.3 is 20.1 Å². The fraction of sp³-hybridized carbons (Fsp3) is 0.471. The van der Waals surface area contributed by atoms with Crippen molar-refractivity contribution in [1.29, 1.82) is 0 Å². The molecular weight excluding hydrogens is 312 g/mol. The van der Waals surface area contributed by atoms with E-state index in [9.17, 15) is 14.4 Å². The van der Waals surface area contributed by atoms with Crippen LogP contribution >= 0.6 is 0 Å². The molecule has 0 spiro atoms. The SMILES string of the molecule is CCOc1ccc(C(=O)OCC(=O)N2CCC(C(N)=O)CC2)cc1. The summed E-state index contributed by atoms with van der Waals surface area (Å²) in [6.45, 7) is 3.01. The first-order valence-electron chi connectivity index (χ1n) is 7.98. The highest BCUT2D eigenvalue weighted by atomic mass is 16.5. The molecule has 0 atom stereocenters. The van der Waals surface area contributed by atoms with Gasteiger partial charge in [-0.2, -0.15) is 0 Å². The largest absolute Gasteiger partial charge is 0.494 e. The number of likely N-dealkylation sites (tertiary alicyclic amines) is 1. The quantitative estimate of drug-likeness (QED) is 0.782. The van der Waals surface area contributed by atoms with Gasteiger partial charge in [-0.25, -0.2) is 4.79 Å². The minimum absolute atomic E-state index is 0.180. The van der Waals surface area contributed by atoms with E-state index in [1.807, 2.05) is 6.92 Å². The molecule has 1 aromatic carbocycles. The molecule has 1 heterocycles. The van der Waals surface area contributed by atoms with Gasteiger partial charge >= 0.3 is 5.97 Å². The number of esters is 1. The number of rotatable bonds is 6. The van der Waals surface area contributed by atoms with Crippen molar-refractivity contribution < 1.29 is 23.9 Å². The third-order valence-electron chi connectivity index (χ3n) is 3.98. The van der Waals surface area contributed by atoms with Crippen molar-refractivity contribution in [1.82, 2.24) is 4.90 Å². The minimum Gasteiger partial charge on any atom is -0.494 e. The summed E-state index contributed by atoms with van der Waals surface area (Å²) in [5, 5.41) is 0. The summed E-state index contributed by atoms with van der Waals surface area (Å²) >= 11 is 0. The average molecular weight is 334 g/mol. The molecule has 1 saturated heterocycles. The number of benzene rings is 1. The fourth-order valence-electron chi connectivity index (χ4n) is 2.57. The third kappa shape index (κ3) is 4.71. The fourth-order valence-corrected chi connectivity index (χ4v) is 2.57. The lowest BCUT2D eigenvalue weighted by molar-refractivity contribution is -0.137. The van der Waals surface area contributed by atoms with Crippen LogP contribution in [-0.2, 0) is 14.3 Å². The van der Waals surface area contributed by atoms with Gasteiger partial charge in [-0.15, -0.1) is 0 Å². The number of hydrogen-bond donors (Lipinski definition) is 1. The maximum atomic E-state index is 12.1. The van der Waals surface area contributed by atoms with E-state index >= 15 is 0 Å². The summed E-state index contributed by atoms with van der Waals surface area (Å²) in [5.74, 6) is -0.664. The summed E-state index contributed by atoms with van der Waals surface area (Å²) in [6, 6.07) is 6.54. The van der Waals surface area contributed by atoms with Crippen LogP contribution in [0.5, 0.6) is 5.75 Å². The Morgan fingerprint density at radius 2 is 1.79 bits per heavy atom. The van der Waals surface area contributed by atoms with Crippen molar-refractivity contribution in [3.05, 3.63) is 29.8 Å². The van der Waals surface area contributed by atoms with Crippen molar-refractivity contribution in [3.8, 4) is 5.75 Å². The van der Waals surface area contributed by atoms with Crippen LogP contribution < -0.4 is 10.5 Å². The van der Waals surface area contributed by atoms with E-state index < -0.39 is 5.97 Å². The minimum atomic E-state index is -0.557. The van der Waals surface area contributed by atoms with Gasteiger partial charge in [0.05, 0.1) is 12.2 Å². The molecule has 7 nitrogen and oxygen atoms in total. The summed E-state index contributed by atoms with van der Waals surface area (Å²) in [6.07, 6.45) is 1.10. The van der Waals surface area contributed by atoms with Crippen molar-refractivity contribution >= 4 is 17.8 Å². The lowest BCUT2D eigenvalue weighted by Gasteiger charge is -2.30. The lowest BCUT2D eigenvalue weighted by Crippen LogP contribution is -2.43. The summed E-state index contributed by atoms with van der Waals surface area (Å²) in [5.41, 5.74) is 5.62. The summed E-state index contributed by atoms with van der Waals surface area (Å²) in [4.78, 5) is 36.7. The van der Waals surface area contributed by atoms with Crippen LogP contribution in [0.25, 0.3) is 0 Å². The Labute approximate surface area is 140 Å². The Morgan fingerprint density at radius 3 is 2.33 bits per heavy atom. The van der Waals surface area contributed by atoms with Crippen LogP contribution in [0, 0.1) is 5.92 Å².